The maximum absolute atomic E-state index is 11.9. The molecule has 19 heavy (non-hydrogen) atoms. The van der Waals surface area contributed by atoms with Gasteiger partial charge in [-0.1, -0.05) is 48.5 Å². The molecule has 2 amide bonds. The molecule has 2 N–H and O–H groups in total. The Morgan fingerprint density at radius 2 is 1.63 bits per heavy atom. The summed E-state index contributed by atoms with van der Waals surface area (Å²) >= 11 is 0. The van der Waals surface area contributed by atoms with Gasteiger partial charge in [-0.3, -0.25) is 0 Å². The highest BCUT2D eigenvalue weighted by Crippen LogP contribution is 2.14. The Bertz CT molecular complexity index is 552. The molecule has 0 aliphatic heterocycles. The summed E-state index contributed by atoms with van der Waals surface area (Å²) in [5.74, 6) is 0. The number of carbonyl (C=O) groups is 1. The molecule has 3 nitrogen and oxygen atoms in total. The molecule has 98 valence electrons. The topological polar surface area (TPSA) is 41.1 Å². The first-order valence-corrected chi connectivity index (χ1v) is 6.35. The summed E-state index contributed by atoms with van der Waals surface area (Å²) in [6.07, 6.45) is 0. The average Bonchev–Trinajstić information content (AvgIpc) is 2.42. The first kappa shape index (κ1) is 13.1. The number of amides is 2. The number of para-hydroxylation sites is 1. The standard InChI is InChI=1S/C16H18N2O/c1-12-8-6-7-11-15(12)18-16(19)17-13(2)14-9-4-3-5-10-14/h3-11,13H,1-2H3,(H2,17,18,19)/t13-/m1/s1. The van der Waals surface area contributed by atoms with Crippen molar-refractivity contribution in [3.05, 3.63) is 65.7 Å². The molecule has 0 fully saturated rings. The van der Waals surface area contributed by atoms with Crippen LogP contribution in [0.1, 0.15) is 24.1 Å². The van der Waals surface area contributed by atoms with Crippen LogP contribution in [-0.2, 0) is 0 Å². The van der Waals surface area contributed by atoms with Crippen molar-refractivity contribution in [1.29, 1.82) is 0 Å². The molecule has 0 radical (unpaired) electrons. The molecular weight excluding hydrogens is 236 g/mol. The van der Waals surface area contributed by atoms with Crippen molar-refractivity contribution < 1.29 is 4.79 Å². The van der Waals surface area contributed by atoms with Crippen LogP contribution >= 0.6 is 0 Å². The molecule has 0 bridgehead atoms. The van der Waals surface area contributed by atoms with E-state index in [0.29, 0.717) is 0 Å². The monoisotopic (exact) mass is 254 g/mol. The van der Waals surface area contributed by atoms with E-state index >= 15 is 0 Å². The fraction of sp³-hybridized carbons (Fsp3) is 0.188. The smallest absolute Gasteiger partial charge is 0.319 e. The lowest BCUT2D eigenvalue weighted by molar-refractivity contribution is 0.249. The van der Waals surface area contributed by atoms with Gasteiger partial charge in [-0.2, -0.15) is 0 Å². The summed E-state index contributed by atoms with van der Waals surface area (Å²) in [6.45, 7) is 3.93. The van der Waals surface area contributed by atoms with Crippen molar-refractivity contribution in [3.8, 4) is 0 Å². The molecule has 0 aliphatic rings. The lowest BCUT2D eigenvalue weighted by atomic mass is 10.1. The normalized spacial score (nSPS) is 11.7. The van der Waals surface area contributed by atoms with Crippen molar-refractivity contribution in [3.63, 3.8) is 0 Å². The Labute approximate surface area is 113 Å². The van der Waals surface area contributed by atoms with Crippen LogP contribution in [0.25, 0.3) is 0 Å². The van der Waals surface area contributed by atoms with Crippen LogP contribution in [-0.4, -0.2) is 6.03 Å². The third-order valence-electron chi connectivity index (χ3n) is 3.04. The van der Waals surface area contributed by atoms with E-state index in [2.05, 4.69) is 10.6 Å². The van der Waals surface area contributed by atoms with Gasteiger partial charge in [0, 0.05) is 5.69 Å². The summed E-state index contributed by atoms with van der Waals surface area (Å²) in [6, 6.07) is 17.4. The van der Waals surface area contributed by atoms with Gasteiger partial charge in [0.15, 0.2) is 0 Å². The Kier molecular flexibility index (Phi) is 4.18. The zero-order valence-corrected chi connectivity index (χ0v) is 11.2. The quantitative estimate of drug-likeness (QED) is 0.857. The van der Waals surface area contributed by atoms with Crippen LogP contribution < -0.4 is 10.6 Å². The van der Waals surface area contributed by atoms with E-state index < -0.39 is 0 Å². The van der Waals surface area contributed by atoms with Gasteiger partial charge in [0.1, 0.15) is 0 Å². The van der Waals surface area contributed by atoms with Crippen LogP contribution in [0.5, 0.6) is 0 Å². The van der Waals surface area contributed by atoms with Gasteiger partial charge >= 0.3 is 6.03 Å². The largest absolute Gasteiger partial charge is 0.331 e. The SMILES string of the molecule is Cc1ccccc1NC(=O)N[C@H](C)c1ccccc1. The van der Waals surface area contributed by atoms with E-state index in [4.69, 9.17) is 0 Å². The van der Waals surface area contributed by atoms with Gasteiger partial charge in [-0.25, -0.2) is 4.79 Å². The lowest BCUT2D eigenvalue weighted by Crippen LogP contribution is -2.31. The Balaban J connectivity index is 1.97. The molecular formula is C16H18N2O. The molecule has 2 aromatic rings. The molecule has 0 saturated carbocycles. The maximum Gasteiger partial charge on any atom is 0.319 e. The van der Waals surface area contributed by atoms with Gasteiger partial charge in [0.25, 0.3) is 0 Å². The van der Waals surface area contributed by atoms with Crippen molar-refractivity contribution in [2.75, 3.05) is 5.32 Å². The highest BCUT2D eigenvalue weighted by Gasteiger charge is 2.09. The fourth-order valence-corrected chi connectivity index (χ4v) is 1.89. The Hall–Kier alpha value is -2.29. The molecule has 1 atom stereocenters. The molecule has 0 spiro atoms. The predicted octanol–water partition coefficient (Wildman–Crippen LogP) is 3.88. The zero-order chi connectivity index (χ0) is 13.7. The Morgan fingerprint density at radius 1 is 1.00 bits per heavy atom. The van der Waals surface area contributed by atoms with Crippen LogP contribution in [0.4, 0.5) is 10.5 Å². The van der Waals surface area contributed by atoms with E-state index in [-0.39, 0.29) is 12.1 Å². The predicted molar refractivity (Wildman–Crippen MR) is 78.2 cm³/mol. The second-order valence-electron chi connectivity index (χ2n) is 4.55. The molecule has 0 saturated heterocycles. The molecule has 0 aromatic heterocycles. The number of hydrogen-bond acceptors (Lipinski definition) is 1. The molecule has 3 heteroatoms. The number of aryl methyl sites for hydroxylation is 1. The summed E-state index contributed by atoms with van der Waals surface area (Å²) in [5.41, 5.74) is 2.97. The molecule has 2 rings (SSSR count). The van der Waals surface area contributed by atoms with Crippen LogP contribution in [0.2, 0.25) is 0 Å². The van der Waals surface area contributed by atoms with Crippen molar-refractivity contribution >= 4 is 11.7 Å². The third-order valence-corrected chi connectivity index (χ3v) is 3.04. The van der Waals surface area contributed by atoms with E-state index in [0.717, 1.165) is 16.8 Å². The summed E-state index contributed by atoms with van der Waals surface area (Å²) < 4.78 is 0. The number of hydrogen-bond donors (Lipinski definition) is 2. The molecule has 0 heterocycles. The minimum atomic E-state index is -0.189. The summed E-state index contributed by atoms with van der Waals surface area (Å²) in [5, 5.41) is 5.78. The molecule has 2 aromatic carbocycles. The number of benzene rings is 2. The Morgan fingerprint density at radius 3 is 2.32 bits per heavy atom. The third kappa shape index (κ3) is 3.58. The lowest BCUT2D eigenvalue weighted by Gasteiger charge is -2.15. The van der Waals surface area contributed by atoms with E-state index in [9.17, 15) is 4.79 Å². The number of carbonyl (C=O) groups excluding carboxylic acids is 1. The van der Waals surface area contributed by atoms with Crippen LogP contribution in [0.15, 0.2) is 54.6 Å². The van der Waals surface area contributed by atoms with Gasteiger partial charge < -0.3 is 10.6 Å². The minimum absolute atomic E-state index is 0.0229. The van der Waals surface area contributed by atoms with Gasteiger partial charge in [0.2, 0.25) is 0 Å². The number of nitrogens with one attached hydrogen (secondary N) is 2. The van der Waals surface area contributed by atoms with Crippen molar-refractivity contribution in [1.82, 2.24) is 5.32 Å². The number of rotatable bonds is 3. The van der Waals surface area contributed by atoms with Gasteiger partial charge in [0.05, 0.1) is 6.04 Å². The molecule has 0 unspecified atom stereocenters. The van der Waals surface area contributed by atoms with E-state index in [1.165, 1.54) is 0 Å². The second-order valence-corrected chi connectivity index (χ2v) is 4.55. The van der Waals surface area contributed by atoms with Crippen LogP contribution in [0.3, 0.4) is 0 Å². The maximum atomic E-state index is 11.9. The van der Waals surface area contributed by atoms with Crippen molar-refractivity contribution in [2.24, 2.45) is 0 Å². The number of urea groups is 1. The first-order valence-electron chi connectivity index (χ1n) is 6.35. The molecule has 0 aliphatic carbocycles. The van der Waals surface area contributed by atoms with E-state index in [1.54, 1.807) is 0 Å². The second kappa shape index (κ2) is 6.05. The highest BCUT2D eigenvalue weighted by atomic mass is 16.2. The fourth-order valence-electron chi connectivity index (χ4n) is 1.89. The minimum Gasteiger partial charge on any atom is -0.331 e. The highest BCUT2D eigenvalue weighted by molar-refractivity contribution is 5.90. The summed E-state index contributed by atoms with van der Waals surface area (Å²) in [7, 11) is 0. The van der Waals surface area contributed by atoms with Gasteiger partial charge in [-0.05, 0) is 31.0 Å². The zero-order valence-electron chi connectivity index (χ0n) is 11.2. The number of anilines is 1. The van der Waals surface area contributed by atoms with Crippen molar-refractivity contribution in [2.45, 2.75) is 19.9 Å². The first-order chi connectivity index (χ1) is 9.16. The van der Waals surface area contributed by atoms with E-state index in [1.807, 2.05) is 68.4 Å². The van der Waals surface area contributed by atoms with Gasteiger partial charge in [-0.15, -0.1) is 0 Å². The van der Waals surface area contributed by atoms with Crippen LogP contribution in [0, 0.1) is 6.92 Å². The average molecular weight is 254 g/mol. The summed E-state index contributed by atoms with van der Waals surface area (Å²) in [4.78, 5) is 11.9.